The van der Waals surface area contributed by atoms with Crippen molar-refractivity contribution >= 4 is 21.7 Å². The van der Waals surface area contributed by atoms with Gasteiger partial charge in [-0.3, -0.25) is 4.79 Å². The number of hydrogen-bond donors (Lipinski definition) is 0. The minimum atomic E-state index is 0.257. The number of allylic oxidation sites excluding steroid dienone is 2. The van der Waals surface area contributed by atoms with Crippen LogP contribution in [0.3, 0.4) is 0 Å². The Bertz CT molecular complexity index is 149. The van der Waals surface area contributed by atoms with E-state index in [4.69, 9.17) is 0 Å². The third-order valence-electron chi connectivity index (χ3n) is 1.52. The van der Waals surface area contributed by atoms with Crippen LogP contribution in [0.5, 0.6) is 0 Å². The van der Waals surface area contributed by atoms with Gasteiger partial charge in [-0.25, -0.2) is 0 Å². The zero-order chi connectivity index (χ0) is 6.69. The Kier molecular flexibility index (Phi) is 2.46. The van der Waals surface area contributed by atoms with E-state index in [1.54, 1.807) is 0 Å². The van der Waals surface area contributed by atoms with Crippen molar-refractivity contribution in [2.45, 2.75) is 19.3 Å². The maximum atomic E-state index is 10.9. The summed E-state index contributed by atoms with van der Waals surface area (Å²) in [6.45, 7) is 0. The van der Waals surface area contributed by atoms with Crippen molar-refractivity contribution in [1.82, 2.24) is 0 Å². The van der Waals surface area contributed by atoms with Crippen molar-refractivity contribution in [3.8, 4) is 0 Å². The first-order valence-corrected chi connectivity index (χ1v) is 4.25. The molecule has 0 spiro atoms. The lowest BCUT2D eigenvalue weighted by Crippen LogP contribution is -2.00. The molecule has 9 heavy (non-hydrogen) atoms. The van der Waals surface area contributed by atoms with Gasteiger partial charge in [0.05, 0.1) is 5.33 Å². The predicted molar refractivity (Wildman–Crippen MR) is 40.7 cm³/mol. The van der Waals surface area contributed by atoms with Crippen molar-refractivity contribution in [3.63, 3.8) is 0 Å². The molecule has 0 aromatic carbocycles. The van der Waals surface area contributed by atoms with Crippen LogP contribution in [0.15, 0.2) is 11.6 Å². The largest absolute Gasteiger partial charge is 0.294 e. The lowest BCUT2D eigenvalue weighted by molar-refractivity contribution is -0.113. The monoisotopic (exact) mass is 188 g/mol. The molecule has 1 aliphatic rings. The fourth-order valence-corrected chi connectivity index (χ4v) is 1.37. The molecule has 0 aliphatic heterocycles. The Hall–Kier alpha value is -0.110. The van der Waals surface area contributed by atoms with Gasteiger partial charge in [0.15, 0.2) is 5.78 Å². The normalized spacial score (nSPS) is 17.7. The molecule has 0 fully saturated rings. The number of rotatable bonds is 2. The highest BCUT2D eigenvalue weighted by molar-refractivity contribution is 9.09. The lowest BCUT2D eigenvalue weighted by Gasteiger charge is -1.92. The first kappa shape index (κ1) is 7.00. The van der Waals surface area contributed by atoms with Crippen LogP contribution in [0.2, 0.25) is 0 Å². The van der Waals surface area contributed by atoms with Crippen LogP contribution in [-0.4, -0.2) is 11.1 Å². The van der Waals surface area contributed by atoms with Crippen molar-refractivity contribution in [2.24, 2.45) is 0 Å². The average Bonchev–Trinajstić information content (AvgIpc) is 2.37. The van der Waals surface area contributed by atoms with Crippen molar-refractivity contribution in [2.75, 3.05) is 5.33 Å². The molecule has 0 N–H and O–H groups in total. The molecule has 1 rings (SSSR count). The zero-order valence-electron chi connectivity index (χ0n) is 5.19. The van der Waals surface area contributed by atoms with E-state index in [9.17, 15) is 4.79 Å². The van der Waals surface area contributed by atoms with Gasteiger partial charge in [-0.1, -0.05) is 22.0 Å². The molecular weight excluding hydrogens is 180 g/mol. The van der Waals surface area contributed by atoms with E-state index in [1.807, 2.05) is 6.08 Å². The van der Waals surface area contributed by atoms with Gasteiger partial charge in [0, 0.05) is 0 Å². The van der Waals surface area contributed by atoms with E-state index in [2.05, 4.69) is 15.9 Å². The summed E-state index contributed by atoms with van der Waals surface area (Å²) in [6.07, 6.45) is 5.29. The zero-order valence-corrected chi connectivity index (χ0v) is 6.78. The maximum Gasteiger partial charge on any atom is 0.169 e. The maximum absolute atomic E-state index is 10.9. The van der Waals surface area contributed by atoms with Gasteiger partial charge >= 0.3 is 0 Å². The fraction of sp³-hybridized carbons (Fsp3) is 0.571. The molecule has 1 nitrogen and oxygen atoms in total. The van der Waals surface area contributed by atoms with Gasteiger partial charge in [-0.05, 0) is 24.8 Å². The van der Waals surface area contributed by atoms with Gasteiger partial charge in [0.1, 0.15) is 0 Å². The summed E-state index contributed by atoms with van der Waals surface area (Å²) in [4.78, 5) is 10.9. The number of ketones is 1. The molecule has 0 unspecified atom stereocenters. The molecule has 0 atom stereocenters. The van der Waals surface area contributed by atoms with E-state index in [0.29, 0.717) is 5.33 Å². The molecule has 0 saturated heterocycles. The summed E-state index contributed by atoms with van der Waals surface area (Å²) < 4.78 is 0. The van der Waals surface area contributed by atoms with E-state index in [0.717, 1.165) is 24.8 Å². The molecule has 0 aromatic heterocycles. The molecule has 0 bridgehead atoms. The van der Waals surface area contributed by atoms with E-state index in [-0.39, 0.29) is 5.78 Å². The number of Topliss-reactive ketones (excluding diaryl/α,β-unsaturated/α-hetero) is 1. The Morgan fingerprint density at radius 3 is 3.00 bits per heavy atom. The van der Waals surface area contributed by atoms with Crippen LogP contribution in [0.4, 0.5) is 0 Å². The highest BCUT2D eigenvalue weighted by Crippen LogP contribution is 2.18. The quantitative estimate of drug-likeness (QED) is 0.607. The van der Waals surface area contributed by atoms with Gasteiger partial charge < -0.3 is 0 Å². The molecule has 0 heterocycles. The number of halogens is 1. The first-order chi connectivity index (χ1) is 4.34. The second-order valence-electron chi connectivity index (χ2n) is 2.18. The molecule has 0 aromatic rings. The van der Waals surface area contributed by atoms with Crippen LogP contribution in [0.25, 0.3) is 0 Å². The minimum Gasteiger partial charge on any atom is -0.294 e. The number of carbonyl (C=O) groups is 1. The van der Waals surface area contributed by atoms with E-state index < -0.39 is 0 Å². The van der Waals surface area contributed by atoms with Crippen LogP contribution in [0, 0.1) is 0 Å². The van der Waals surface area contributed by atoms with Crippen LogP contribution in [-0.2, 0) is 4.79 Å². The molecule has 0 amide bonds. The number of alkyl halides is 1. The second kappa shape index (κ2) is 3.16. The molecular formula is C7H9BrO. The van der Waals surface area contributed by atoms with Gasteiger partial charge in [0.25, 0.3) is 0 Å². The smallest absolute Gasteiger partial charge is 0.169 e. The highest BCUT2D eigenvalue weighted by atomic mass is 79.9. The third-order valence-corrected chi connectivity index (χ3v) is 2.03. The van der Waals surface area contributed by atoms with Gasteiger partial charge in [-0.2, -0.15) is 0 Å². The Labute approximate surface area is 63.3 Å². The average molecular weight is 189 g/mol. The standard InChI is InChI=1S/C7H9BrO/c8-5-7(9)6-3-1-2-4-6/h3H,1-2,4-5H2. The summed E-state index contributed by atoms with van der Waals surface area (Å²) in [6, 6.07) is 0. The Balaban J connectivity index is 2.51. The Morgan fingerprint density at radius 2 is 2.56 bits per heavy atom. The molecule has 0 radical (unpaired) electrons. The summed E-state index contributed by atoms with van der Waals surface area (Å²) in [7, 11) is 0. The van der Waals surface area contributed by atoms with Gasteiger partial charge in [-0.15, -0.1) is 0 Å². The van der Waals surface area contributed by atoms with E-state index >= 15 is 0 Å². The van der Waals surface area contributed by atoms with Crippen molar-refractivity contribution < 1.29 is 4.79 Å². The summed E-state index contributed by atoms with van der Waals surface area (Å²) in [5.74, 6) is 0.257. The topological polar surface area (TPSA) is 17.1 Å². The fourth-order valence-electron chi connectivity index (χ4n) is 1.01. The summed E-state index contributed by atoms with van der Waals surface area (Å²) >= 11 is 3.13. The highest BCUT2D eigenvalue weighted by Gasteiger charge is 2.10. The summed E-state index contributed by atoms with van der Waals surface area (Å²) in [5.41, 5.74) is 1.02. The Morgan fingerprint density at radius 1 is 1.78 bits per heavy atom. The van der Waals surface area contributed by atoms with Crippen molar-refractivity contribution in [3.05, 3.63) is 11.6 Å². The first-order valence-electron chi connectivity index (χ1n) is 3.13. The second-order valence-corrected chi connectivity index (χ2v) is 2.74. The third kappa shape index (κ3) is 1.65. The molecule has 2 heteroatoms. The number of carbonyl (C=O) groups excluding carboxylic acids is 1. The minimum absolute atomic E-state index is 0.257. The molecule has 1 aliphatic carbocycles. The van der Waals surface area contributed by atoms with Crippen LogP contribution < -0.4 is 0 Å². The van der Waals surface area contributed by atoms with E-state index in [1.165, 1.54) is 0 Å². The van der Waals surface area contributed by atoms with Crippen molar-refractivity contribution in [1.29, 1.82) is 0 Å². The lowest BCUT2D eigenvalue weighted by atomic mass is 10.2. The van der Waals surface area contributed by atoms with Crippen LogP contribution >= 0.6 is 15.9 Å². The molecule has 50 valence electrons. The SMILES string of the molecule is O=C(CBr)C1=CCCC1. The molecule has 0 saturated carbocycles. The summed E-state index contributed by atoms with van der Waals surface area (Å²) in [5, 5.41) is 0.485. The number of hydrogen-bond acceptors (Lipinski definition) is 1. The van der Waals surface area contributed by atoms with Crippen LogP contribution in [0.1, 0.15) is 19.3 Å². The predicted octanol–water partition coefficient (Wildman–Crippen LogP) is 2.06. The van der Waals surface area contributed by atoms with Gasteiger partial charge in [0.2, 0.25) is 0 Å².